The molecule has 4 heteroatoms. The van der Waals surface area contributed by atoms with E-state index in [0.29, 0.717) is 32.1 Å². The van der Waals surface area contributed by atoms with Crippen molar-refractivity contribution in [2.24, 2.45) is 5.92 Å². The van der Waals surface area contributed by atoms with Gasteiger partial charge in [-0.15, -0.1) is 0 Å². The van der Waals surface area contributed by atoms with E-state index in [1.807, 2.05) is 48.6 Å². The minimum Gasteiger partial charge on any atom is -0.481 e. The SMILES string of the molecule is O=C(O)CCC/C=C\C[C@H]1C(=O)CC=C1CC[C@H](O)Cc1ccccc1. The zero-order valence-electron chi connectivity index (χ0n) is 15.1. The second kappa shape index (κ2) is 10.7. The first-order chi connectivity index (χ1) is 12.6. The Kier molecular flexibility index (Phi) is 8.29. The van der Waals surface area contributed by atoms with Gasteiger partial charge in [0.1, 0.15) is 5.78 Å². The third-order valence-corrected chi connectivity index (χ3v) is 4.78. The Morgan fingerprint density at radius 3 is 2.73 bits per heavy atom. The van der Waals surface area contributed by atoms with Crippen molar-refractivity contribution in [2.45, 2.75) is 57.5 Å². The number of Topliss-reactive ketones (excluding diaryl/α,β-unsaturated/α-hetero) is 1. The van der Waals surface area contributed by atoms with Crippen LogP contribution in [0.4, 0.5) is 0 Å². The summed E-state index contributed by atoms with van der Waals surface area (Å²) in [4.78, 5) is 22.6. The number of hydrogen-bond donors (Lipinski definition) is 2. The van der Waals surface area contributed by atoms with Crippen LogP contribution in [0.3, 0.4) is 0 Å². The highest BCUT2D eigenvalue weighted by Gasteiger charge is 2.26. The van der Waals surface area contributed by atoms with Crippen molar-refractivity contribution in [3.63, 3.8) is 0 Å². The van der Waals surface area contributed by atoms with Crippen LogP contribution in [0.25, 0.3) is 0 Å². The molecule has 0 spiro atoms. The maximum Gasteiger partial charge on any atom is 0.303 e. The molecule has 1 aromatic carbocycles. The molecule has 4 nitrogen and oxygen atoms in total. The molecule has 2 N–H and O–H groups in total. The molecule has 0 saturated heterocycles. The van der Waals surface area contributed by atoms with Crippen LogP contribution in [0.1, 0.15) is 50.5 Å². The molecule has 2 atom stereocenters. The molecule has 0 heterocycles. The van der Waals surface area contributed by atoms with E-state index >= 15 is 0 Å². The summed E-state index contributed by atoms with van der Waals surface area (Å²) < 4.78 is 0. The number of aliphatic carboxylic acids is 1. The van der Waals surface area contributed by atoms with Crippen LogP contribution in [-0.2, 0) is 16.0 Å². The van der Waals surface area contributed by atoms with Crippen molar-refractivity contribution < 1.29 is 19.8 Å². The van der Waals surface area contributed by atoms with Gasteiger partial charge in [0.15, 0.2) is 0 Å². The highest BCUT2D eigenvalue weighted by atomic mass is 16.4. The van der Waals surface area contributed by atoms with Gasteiger partial charge in [0.2, 0.25) is 0 Å². The van der Waals surface area contributed by atoms with E-state index in [0.717, 1.165) is 24.0 Å². The lowest BCUT2D eigenvalue weighted by Crippen LogP contribution is -2.14. The topological polar surface area (TPSA) is 74.6 Å². The van der Waals surface area contributed by atoms with Gasteiger partial charge < -0.3 is 10.2 Å². The van der Waals surface area contributed by atoms with Gasteiger partial charge in [-0.25, -0.2) is 0 Å². The van der Waals surface area contributed by atoms with Crippen LogP contribution in [-0.4, -0.2) is 28.1 Å². The quantitative estimate of drug-likeness (QED) is 0.463. The highest BCUT2D eigenvalue weighted by Crippen LogP contribution is 2.30. The van der Waals surface area contributed by atoms with E-state index in [-0.39, 0.29) is 18.1 Å². The Labute approximate surface area is 155 Å². The largest absolute Gasteiger partial charge is 0.481 e. The number of carbonyl (C=O) groups is 2. The molecule has 1 aromatic rings. The first kappa shape index (κ1) is 20.1. The van der Waals surface area contributed by atoms with Crippen molar-refractivity contribution in [3.8, 4) is 0 Å². The summed E-state index contributed by atoms with van der Waals surface area (Å²) in [6.07, 6.45) is 10.3. The second-order valence-corrected chi connectivity index (χ2v) is 6.88. The summed E-state index contributed by atoms with van der Waals surface area (Å²) in [5, 5.41) is 18.9. The molecule has 0 amide bonds. The molecule has 0 saturated carbocycles. The van der Waals surface area contributed by atoms with Crippen molar-refractivity contribution in [3.05, 3.63) is 59.7 Å². The highest BCUT2D eigenvalue weighted by molar-refractivity contribution is 5.88. The molecular formula is C22H28O4. The Balaban J connectivity index is 1.74. The summed E-state index contributed by atoms with van der Waals surface area (Å²) in [6, 6.07) is 9.93. The normalized spacial score (nSPS) is 18.3. The standard InChI is InChI=1S/C22H28O4/c23-19(16-17-8-4-3-5-9-17)14-12-18-13-15-21(24)20(18)10-6-1-2-7-11-22(25)26/h1,3-6,8-9,13,19-20,23H,2,7,10-12,14-16H2,(H,25,26)/b6-1-/t19-,20+/m0/s1. The molecule has 0 radical (unpaired) electrons. The van der Waals surface area contributed by atoms with Crippen molar-refractivity contribution in [1.82, 2.24) is 0 Å². The lowest BCUT2D eigenvalue weighted by molar-refractivity contribution is -0.137. The summed E-state index contributed by atoms with van der Waals surface area (Å²) in [6.45, 7) is 0. The zero-order valence-corrected chi connectivity index (χ0v) is 15.1. The van der Waals surface area contributed by atoms with E-state index in [1.54, 1.807) is 0 Å². The number of allylic oxidation sites excluding steroid dienone is 4. The molecule has 0 fully saturated rings. The number of carbonyl (C=O) groups excluding carboxylic acids is 1. The minimum atomic E-state index is -0.774. The Morgan fingerprint density at radius 1 is 1.23 bits per heavy atom. The zero-order chi connectivity index (χ0) is 18.8. The number of unbranched alkanes of at least 4 members (excludes halogenated alkanes) is 1. The average molecular weight is 356 g/mol. The van der Waals surface area contributed by atoms with Crippen LogP contribution in [0, 0.1) is 5.92 Å². The Bertz CT molecular complexity index is 645. The van der Waals surface area contributed by atoms with Crippen molar-refractivity contribution in [2.75, 3.05) is 0 Å². The fraction of sp³-hybridized carbons (Fsp3) is 0.455. The number of aliphatic hydroxyl groups excluding tert-OH is 1. The first-order valence-electron chi connectivity index (χ1n) is 9.36. The summed E-state index contributed by atoms with van der Waals surface area (Å²) in [5.74, 6) is -0.606. The second-order valence-electron chi connectivity index (χ2n) is 6.88. The summed E-state index contributed by atoms with van der Waals surface area (Å²) in [5.41, 5.74) is 2.26. The van der Waals surface area contributed by atoms with E-state index in [2.05, 4.69) is 0 Å². The lowest BCUT2D eigenvalue weighted by atomic mass is 9.91. The fourth-order valence-electron chi connectivity index (χ4n) is 3.32. The molecule has 1 aliphatic rings. The summed E-state index contributed by atoms with van der Waals surface area (Å²) in [7, 11) is 0. The van der Waals surface area contributed by atoms with Gasteiger partial charge in [-0.05, 0) is 44.1 Å². The molecule has 0 bridgehead atoms. The van der Waals surface area contributed by atoms with Crippen LogP contribution >= 0.6 is 0 Å². The van der Waals surface area contributed by atoms with Crippen LogP contribution < -0.4 is 0 Å². The molecule has 0 unspecified atom stereocenters. The predicted molar refractivity (Wildman–Crippen MR) is 102 cm³/mol. The van der Waals surface area contributed by atoms with Crippen LogP contribution in [0.15, 0.2) is 54.1 Å². The molecule has 0 aliphatic heterocycles. The van der Waals surface area contributed by atoms with E-state index in [9.17, 15) is 14.7 Å². The Morgan fingerprint density at radius 2 is 2.00 bits per heavy atom. The van der Waals surface area contributed by atoms with Crippen LogP contribution in [0.5, 0.6) is 0 Å². The average Bonchev–Trinajstić information content (AvgIpc) is 2.97. The third-order valence-electron chi connectivity index (χ3n) is 4.78. The monoisotopic (exact) mass is 356 g/mol. The maximum atomic E-state index is 12.1. The third kappa shape index (κ3) is 6.96. The number of carboxylic acids is 1. The van der Waals surface area contributed by atoms with Crippen molar-refractivity contribution in [1.29, 1.82) is 0 Å². The van der Waals surface area contributed by atoms with E-state index < -0.39 is 12.1 Å². The molecular weight excluding hydrogens is 328 g/mol. The first-order valence-corrected chi connectivity index (χ1v) is 9.36. The van der Waals surface area contributed by atoms with Gasteiger partial charge >= 0.3 is 5.97 Å². The smallest absolute Gasteiger partial charge is 0.303 e. The minimum absolute atomic E-state index is 0.0744. The lowest BCUT2D eigenvalue weighted by Gasteiger charge is -2.15. The predicted octanol–water partition coefficient (Wildman–Crippen LogP) is 4.09. The number of benzene rings is 1. The molecule has 26 heavy (non-hydrogen) atoms. The van der Waals surface area contributed by atoms with Gasteiger partial charge in [-0.1, -0.05) is 54.1 Å². The number of carboxylic acid groups (broad SMARTS) is 1. The van der Waals surface area contributed by atoms with Crippen molar-refractivity contribution >= 4 is 11.8 Å². The number of rotatable bonds is 11. The molecule has 0 aromatic heterocycles. The number of aliphatic hydroxyl groups is 1. The van der Waals surface area contributed by atoms with Gasteiger partial charge in [0, 0.05) is 18.8 Å². The maximum absolute atomic E-state index is 12.1. The Hall–Kier alpha value is -2.20. The van der Waals surface area contributed by atoms with Gasteiger partial charge in [0.05, 0.1) is 6.10 Å². The molecule has 140 valence electrons. The van der Waals surface area contributed by atoms with Gasteiger partial charge in [-0.2, -0.15) is 0 Å². The van der Waals surface area contributed by atoms with Gasteiger partial charge in [-0.3, -0.25) is 9.59 Å². The van der Waals surface area contributed by atoms with E-state index in [1.165, 1.54) is 0 Å². The molecule has 1 aliphatic carbocycles. The number of ketones is 1. The van der Waals surface area contributed by atoms with Crippen LogP contribution in [0.2, 0.25) is 0 Å². The number of hydrogen-bond acceptors (Lipinski definition) is 3. The summed E-state index contributed by atoms with van der Waals surface area (Å²) >= 11 is 0. The molecule has 2 rings (SSSR count). The fourth-order valence-corrected chi connectivity index (χ4v) is 3.32. The van der Waals surface area contributed by atoms with E-state index in [4.69, 9.17) is 5.11 Å². The van der Waals surface area contributed by atoms with Gasteiger partial charge in [0.25, 0.3) is 0 Å².